The van der Waals surface area contributed by atoms with E-state index in [0.717, 1.165) is 30.1 Å². The van der Waals surface area contributed by atoms with Crippen molar-refractivity contribution in [2.75, 3.05) is 31.6 Å². The van der Waals surface area contributed by atoms with Gasteiger partial charge < -0.3 is 19.7 Å². The molecule has 0 unspecified atom stereocenters. The Labute approximate surface area is 165 Å². The monoisotopic (exact) mass is 395 g/mol. The molecule has 2 N–H and O–H groups in total. The standard InChI is InChI=1S/C20H30N2O4S/c1-4-25-19(24)17-14-12-20(2,3)26-13-15(14)27-18(17)21-16(23)8-11-22-9-6-5-7-10-22/h4-13H2,1-3H3,(H,21,23)/p+1. The fourth-order valence-electron chi connectivity index (χ4n) is 3.84. The number of amides is 1. The van der Waals surface area contributed by atoms with Crippen LogP contribution in [-0.2, 0) is 27.3 Å². The molecule has 1 amide bonds. The van der Waals surface area contributed by atoms with E-state index in [1.807, 2.05) is 13.8 Å². The molecule has 3 heterocycles. The van der Waals surface area contributed by atoms with Crippen LogP contribution in [0.2, 0.25) is 0 Å². The van der Waals surface area contributed by atoms with Crippen molar-refractivity contribution in [1.82, 2.24) is 0 Å². The minimum atomic E-state index is -0.357. The zero-order chi connectivity index (χ0) is 19.4. The number of nitrogens with one attached hydrogen (secondary N) is 2. The fourth-order valence-corrected chi connectivity index (χ4v) is 4.98. The van der Waals surface area contributed by atoms with Crippen LogP contribution in [0.3, 0.4) is 0 Å². The number of hydrogen-bond acceptors (Lipinski definition) is 5. The van der Waals surface area contributed by atoms with E-state index in [1.165, 1.54) is 35.5 Å². The molecule has 1 aromatic heterocycles. The summed E-state index contributed by atoms with van der Waals surface area (Å²) in [5, 5.41) is 3.59. The van der Waals surface area contributed by atoms with Gasteiger partial charge in [-0.05, 0) is 45.6 Å². The molecule has 1 saturated heterocycles. The average Bonchev–Trinajstić information content (AvgIpc) is 2.97. The molecule has 1 fully saturated rings. The Bertz CT molecular complexity index is 692. The number of anilines is 1. The van der Waals surface area contributed by atoms with Crippen LogP contribution in [0.1, 0.15) is 67.3 Å². The highest BCUT2D eigenvalue weighted by molar-refractivity contribution is 7.17. The molecule has 0 saturated carbocycles. The zero-order valence-electron chi connectivity index (χ0n) is 16.6. The number of ether oxygens (including phenoxy) is 2. The molecule has 7 heteroatoms. The normalized spacial score (nSPS) is 19.4. The Hall–Kier alpha value is -1.44. The van der Waals surface area contributed by atoms with Gasteiger partial charge in [0.25, 0.3) is 0 Å². The van der Waals surface area contributed by atoms with Crippen LogP contribution in [0.15, 0.2) is 0 Å². The molecule has 1 aromatic rings. The summed E-state index contributed by atoms with van der Waals surface area (Å²) in [5.41, 5.74) is 1.16. The van der Waals surface area contributed by atoms with E-state index in [2.05, 4.69) is 5.32 Å². The number of carbonyl (C=O) groups is 2. The Morgan fingerprint density at radius 3 is 2.70 bits per heavy atom. The van der Waals surface area contributed by atoms with Gasteiger partial charge in [-0.2, -0.15) is 0 Å². The van der Waals surface area contributed by atoms with Crippen LogP contribution in [0.25, 0.3) is 0 Å². The van der Waals surface area contributed by atoms with E-state index < -0.39 is 0 Å². The maximum Gasteiger partial charge on any atom is 0.341 e. The first-order valence-electron chi connectivity index (χ1n) is 9.98. The second-order valence-corrected chi connectivity index (χ2v) is 9.12. The molecule has 0 radical (unpaired) electrons. The molecule has 0 spiro atoms. The molecule has 2 aliphatic heterocycles. The first-order chi connectivity index (χ1) is 12.9. The summed E-state index contributed by atoms with van der Waals surface area (Å²) in [6.07, 6.45) is 4.91. The topological polar surface area (TPSA) is 69.1 Å². The quantitative estimate of drug-likeness (QED) is 0.725. The van der Waals surface area contributed by atoms with E-state index in [4.69, 9.17) is 9.47 Å². The van der Waals surface area contributed by atoms with Gasteiger partial charge >= 0.3 is 5.97 Å². The summed E-state index contributed by atoms with van der Waals surface area (Å²) < 4.78 is 11.1. The van der Waals surface area contributed by atoms with E-state index >= 15 is 0 Å². The van der Waals surface area contributed by atoms with E-state index in [1.54, 1.807) is 6.92 Å². The molecule has 0 bridgehead atoms. The lowest BCUT2D eigenvalue weighted by Gasteiger charge is -2.30. The summed E-state index contributed by atoms with van der Waals surface area (Å²) in [5.74, 6) is -0.387. The van der Waals surface area contributed by atoms with Gasteiger partial charge in [-0.1, -0.05) is 0 Å². The molecular weight excluding hydrogens is 364 g/mol. The van der Waals surface area contributed by atoms with Gasteiger partial charge in [0.05, 0.1) is 50.4 Å². The Morgan fingerprint density at radius 1 is 1.26 bits per heavy atom. The van der Waals surface area contributed by atoms with Crippen molar-refractivity contribution in [1.29, 1.82) is 0 Å². The van der Waals surface area contributed by atoms with Gasteiger partial charge in [-0.3, -0.25) is 4.79 Å². The molecule has 0 aromatic carbocycles. The maximum atomic E-state index is 12.6. The lowest BCUT2D eigenvalue weighted by Crippen LogP contribution is -3.12. The van der Waals surface area contributed by atoms with Crippen LogP contribution in [0.5, 0.6) is 0 Å². The number of likely N-dealkylation sites (tertiary alicyclic amines) is 1. The highest BCUT2D eigenvalue weighted by Crippen LogP contribution is 2.40. The molecular formula is C20H31N2O4S+. The van der Waals surface area contributed by atoms with Gasteiger partial charge in [0.15, 0.2) is 0 Å². The highest BCUT2D eigenvalue weighted by Gasteiger charge is 2.34. The number of quaternary nitrogens is 1. The predicted octanol–water partition coefficient (Wildman–Crippen LogP) is 2.17. The number of thiophene rings is 1. The number of rotatable bonds is 6. The van der Waals surface area contributed by atoms with Crippen LogP contribution in [-0.4, -0.2) is 43.7 Å². The maximum absolute atomic E-state index is 12.6. The molecule has 0 atom stereocenters. The SMILES string of the molecule is CCOC(=O)c1c(NC(=O)CC[NH+]2CCCCC2)sc2c1CC(C)(C)OC2. The first-order valence-corrected chi connectivity index (χ1v) is 10.8. The van der Waals surface area contributed by atoms with Gasteiger partial charge in [0.1, 0.15) is 5.00 Å². The van der Waals surface area contributed by atoms with Crippen molar-refractivity contribution < 1.29 is 24.0 Å². The molecule has 0 aliphatic carbocycles. The van der Waals surface area contributed by atoms with Gasteiger partial charge in [-0.25, -0.2) is 4.79 Å². The molecule has 6 nitrogen and oxygen atoms in total. The molecule has 3 rings (SSSR count). The third-order valence-electron chi connectivity index (χ3n) is 5.29. The Balaban J connectivity index is 1.72. The summed E-state index contributed by atoms with van der Waals surface area (Å²) in [4.78, 5) is 27.6. The second-order valence-electron chi connectivity index (χ2n) is 8.01. The van der Waals surface area contributed by atoms with Crippen molar-refractivity contribution in [3.8, 4) is 0 Å². The van der Waals surface area contributed by atoms with Crippen LogP contribution < -0.4 is 10.2 Å². The van der Waals surface area contributed by atoms with Crippen LogP contribution in [0, 0.1) is 0 Å². The lowest BCUT2D eigenvalue weighted by atomic mass is 9.93. The number of carbonyl (C=O) groups excluding carboxylic acids is 2. The molecule has 27 heavy (non-hydrogen) atoms. The fraction of sp³-hybridized carbons (Fsp3) is 0.700. The number of esters is 1. The number of piperidine rings is 1. The van der Waals surface area contributed by atoms with Crippen molar-refractivity contribution >= 4 is 28.2 Å². The van der Waals surface area contributed by atoms with Crippen molar-refractivity contribution in [3.05, 3.63) is 16.0 Å². The van der Waals surface area contributed by atoms with Crippen LogP contribution >= 0.6 is 11.3 Å². The molecule has 2 aliphatic rings. The van der Waals surface area contributed by atoms with Gasteiger partial charge in [0, 0.05) is 11.3 Å². The summed E-state index contributed by atoms with van der Waals surface area (Å²) >= 11 is 1.44. The summed E-state index contributed by atoms with van der Waals surface area (Å²) in [6.45, 7) is 9.76. The average molecular weight is 396 g/mol. The zero-order valence-corrected chi connectivity index (χ0v) is 17.4. The second kappa shape index (κ2) is 8.71. The minimum absolute atomic E-state index is 0.0302. The summed E-state index contributed by atoms with van der Waals surface area (Å²) in [7, 11) is 0. The number of fused-ring (bicyclic) bond motifs is 1. The third-order valence-corrected chi connectivity index (χ3v) is 6.41. The van der Waals surface area contributed by atoms with E-state index in [-0.39, 0.29) is 17.5 Å². The molecule has 150 valence electrons. The Kier molecular flexibility index (Phi) is 6.55. The predicted molar refractivity (Wildman–Crippen MR) is 106 cm³/mol. The van der Waals surface area contributed by atoms with Crippen molar-refractivity contribution in [2.45, 2.75) is 65.1 Å². The highest BCUT2D eigenvalue weighted by atomic mass is 32.1. The van der Waals surface area contributed by atoms with Crippen molar-refractivity contribution in [2.24, 2.45) is 0 Å². The van der Waals surface area contributed by atoms with E-state index in [0.29, 0.717) is 36.6 Å². The largest absolute Gasteiger partial charge is 0.462 e. The van der Waals surface area contributed by atoms with Gasteiger partial charge in [0.2, 0.25) is 5.91 Å². The van der Waals surface area contributed by atoms with Crippen molar-refractivity contribution in [3.63, 3.8) is 0 Å². The minimum Gasteiger partial charge on any atom is -0.462 e. The number of hydrogen-bond donors (Lipinski definition) is 2. The van der Waals surface area contributed by atoms with E-state index in [9.17, 15) is 9.59 Å². The van der Waals surface area contributed by atoms with Gasteiger partial charge in [-0.15, -0.1) is 11.3 Å². The Morgan fingerprint density at radius 2 is 2.00 bits per heavy atom. The smallest absolute Gasteiger partial charge is 0.341 e. The first kappa shape index (κ1) is 20.3. The third kappa shape index (κ3) is 5.09. The summed E-state index contributed by atoms with van der Waals surface area (Å²) in [6, 6.07) is 0. The van der Waals surface area contributed by atoms with Crippen LogP contribution in [0.4, 0.5) is 5.00 Å². The lowest BCUT2D eigenvalue weighted by molar-refractivity contribution is -0.904.